The standard InChI is InChI=1S/C13H28N2O/c1-11(2)15(3)10-5-4-9-14-12-7-6-8-13(12)16/h11-14,16H,4-10H2,1-3H3/t12-,13-/m0/s1. The highest BCUT2D eigenvalue weighted by Crippen LogP contribution is 2.18. The Labute approximate surface area is 100 Å². The fourth-order valence-corrected chi connectivity index (χ4v) is 2.21. The van der Waals surface area contributed by atoms with Gasteiger partial charge in [0.15, 0.2) is 0 Å². The van der Waals surface area contributed by atoms with Gasteiger partial charge in [-0.25, -0.2) is 0 Å². The first-order valence-electron chi connectivity index (χ1n) is 6.73. The van der Waals surface area contributed by atoms with E-state index in [1.807, 2.05) is 0 Å². The molecule has 16 heavy (non-hydrogen) atoms. The number of hydrogen-bond donors (Lipinski definition) is 2. The first kappa shape index (κ1) is 13.9. The molecule has 3 nitrogen and oxygen atoms in total. The summed E-state index contributed by atoms with van der Waals surface area (Å²) in [5, 5.41) is 13.1. The molecule has 0 unspecified atom stereocenters. The molecule has 0 aromatic carbocycles. The molecule has 2 atom stereocenters. The molecule has 96 valence electrons. The maximum absolute atomic E-state index is 9.64. The topological polar surface area (TPSA) is 35.5 Å². The van der Waals surface area contributed by atoms with Crippen LogP contribution >= 0.6 is 0 Å². The lowest BCUT2D eigenvalue weighted by atomic mass is 10.2. The van der Waals surface area contributed by atoms with Crippen molar-refractivity contribution in [2.45, 2.75) is 64.1 Å². The number of aliphatic hydroxyl groups is 1. The SMILES string of the molecule is CC(C)N(C)CCCCN[C@H]1CCC[C@@H]1O. The van der Waals surface area contributed by atoms with Crippen LogP contribution in [-0.4, -0.2) is 48.3 Å². The van der Waals surface area contributed by atoms with Crippen molar-refractivity contribution in [3.8, 4) is 0 Å². The lowest BCUT2D eigenvalue weighted by molar-refractivity contribution is 0.149. The van der Waals surface area contributed by atoms with E-state index in [0.29, 0.717) is 12.1 Å². The molecule has 1 saturated carbocycles. The Morgan fingerprint density at radius 1 is 1.31 bits per heavy atom. The normalized spacial score (nSPS) is 25.9. The Balaban J connectivity index is 1.95. The molecular formula is C13H28N2O. The molecule has 0 aliphatic heterocycles. The van der Waals surface area contributed by atoms with Gasteiger partial charge in [0, 0.05) is 12.1 Å². The molecule has 0 amide bonds. The highest BCUT2D eigenvalue weighted by atomic mass is 16.3. The molecule has 1 rings (SSSR count). The van der Waals surface area contributed by atoms with E-state index in [1.54, 1.807) is 0 Å². The zero-order chi connectivity index (χ0) is 12.0. The van der Waals surface area contributed by atoms with Crippen LogP contribution in [0.5, 0.6) is 0 Å². The van der Waals surface area contributed by atoms with Gasteiger partial charge in [-0.3, -0.25) is 0 Å². The van der Waals surface area contributed by atoms with E-state index in [4.69, 9.17) is 0 Å². The van der Waals surface area contributed by atoms with Gasteiger partial charge in [-0.2, -0.15) is 0 Å². The Morgan fingerprint density at radius 2 is 2.06 bits per heavy atom. The molecule has 0 aromatic heterocycles. The molecule has 0 spiro atoms. The van der Waals surface area contributed by atoms with Crippen molar-refractivity contribution >= 4 is 0 Å². The fraction of sp³-hybridized carbons (Fsp3) is 1.00. The summed E-state index contributed by atoms with van der Waals surface area (Å²) in [6.45, 7) is 6.68. The van der Waals surface area contributed by atoms with Crippen LogP contribution in [0.15, 0.2) is 0 Å². The number of hydrogen-bond acceptors (Lipinski definition) is 3. The van der Waals surface area contributed by atoms with E-state index in [0.717, 1.165) is 19.4 Å². The van der Waals surface area contributed by atoms with Crippen molar-refractivity contribution < 1.29 is 5.11 Å². The molecule has 1 aliphatic carbocycles. The van der Waals surface area contributed by atoms with Gasteiger partial charge in [-0.15, -0.1) is 0 Å². The minimum atomic E-state index is -0.0988. The highest BCUT2D eigenvalue weighted by molar-refractivity contribution is 4.82. The van der Waals surface area contributed by atoms with Gasteiger partial charge in [-0.1, -0.05) is 0 Å². The van der Waals surface area contributed by atoms with E-state index < -0.39 is 0 Å². The Kier molecular flexibility index (Phi) is 6.32. The second-order valence-corrected chi connectivity index (χ2v) is 5.34. The summed E-state index contributed by atoms with van der Waals surface area (Å²) in [5.41, 5.74) is 0. The van der Waals surface area contributed by atoms with Crippen LogP contribution in [0.1, 0.15) is 46.0 Å². The van der Waals surface area contributed by atoms with Gasteiger partial charge in [0.05, 0.1) is 6.10 Å². The van der Waals surface area contributed by atoms with Crippen molar-refractivity contribution in [1.29, 1.82) is 0 Å². The molecule has 0 radical (unpaired) electrons. The van der Waals surface area contributed by atoms with Gasteiger partial charge in [0.2, 0.25) is 0 Å². The summed E-state index contributed by atoms with van der Waals surface area (Å²) in [4.78, 5) is 2.38. The maximum Gasteiger partial charge on any atom is 0.0693 e. The van der Waals surface area contributed by atoms with E-state index in [2.05, 4.69) is 31.1 Å². The first-order chi connectivity index (χ1) is 7.61. The molecule has 0 heterocycles. The van der Waals surface area contributed by atoms with Crippen LogP contribution in [0, 0.1) is 0 Å². The Hall–Kier alpha value is -0.120. The summed E-state index contributed by atoms with van der Waals surface area (Å²) in [7, 11) is 2.18. The van der Waals surface area contributed by atoms with Crippen LogP contribution in [0.25, 0.3) is 0 Å². The summed E-state index contributed by atoms with van der Waals surface area (Å²) < 4.78 is 0. The molecule has 2 N–H and O–H groups in total. The largest absolute Gasteiger partial charge is 0.392 e. The lowest BCUT2D eigenvalue weighted by Crippen LogP contribution is -2.36. The molecule has 3 heteroatoms. The minimum Gasteiger partial charge on any atom is -0.392 e. The monoisotopic (exact) mass is 228 g/mol. The fourth-order valence-electron chi connectivity index (χ4n) is 2.21. The summed E-state index contributed by atoms with van der Waals surface area (Å²) in [6.07, 6.45) is 5.65. The van der Waals surface area contributed by atoms with Crippen LogP contribution in [0.4, 0.5) is 0 Å². The minimum absolute atomic E-state index is 0.0988. The quantitative estimate of drug-likeness (QED) is 0.650. The summed E-state index contributed by atoms with van der Waals surface area (Å²) in [6, 6.07) is 1.01. The molecule has 0 saturated heterocycles. The van der Waals surface area contributed by atoms with Gasteiger partial charge in [0.1, 0.15) is 0 Å². The van der Waals surface area contributed by atoms with Gasteiger partial charge in [0.25, 0.3) is 0 Å². The van der Waals surface area contributed by atoms with E-state index in [1.165, 1.54) is 25.8 Å². The van der Waals surface area contributed by atoms with Crippen molar-refractivity contribution in [1.82, 2.24) is 10.2 Å². The average Bonchev–Trinajstić information content (AvgIpc) is 2.63. The van der Waals surface area contributed by atoms with Gasteiger partial charge < -0.3 is 15.3 Å². The Morgan fingerprint density at radius 3 is 2.62 bits per heavy atom. The number of aliphatic hydroxyl groups excluding tert-OH is 1. The van der Waals surface area contributed by atoms with Crippen LogP contribution in [0.2, 0.25) is 0 Å². The predicted molar refractivity (Wildman–Crippen MR) is 68.6 cm³/mol. The average molecular weight is 228 g/mol. The van der Waals surface area contributed by atoms with E-state index >= 15 is 0 Å². The number of unbranched alkanes of at least 4 members (excludes halogenated alkanes) is 1. The molecular weight excluding hydrogens is 200 g/mol. The third kappa shape index (κ3) is 4.81. The predicted octanol–water partition coefficient (Wildman–Crippen LogP) is 1.61. The maximum atomic E-state index is 9.64. The van der Waals surface area contributed by atoms with Crippen LogP contribution in [-0.2, 0) is 0 Å². The molecule has 0 bridgehead atoms. The number of nitrogens with one attached hydrogen (secondary N) is 1. The van der Waals surface area contributed by atoms with E-state index in [-0.39, 0.29) is 6.10 Å². The lowest BCUT2D eigenvalue weighted by Gasteiger charge is -2.21. The van der Waals surface area contributed by atoms with Crippen LogP contribution < -0.4 is 5.32 Å². The van der Waals surface area contributed by atoms with Crippen molar-refractivity contribution in [3.63, 3.8) is 0 Å². The highest BCUT2D eigenvalue weighted by Gasteiger charge is 2.23. The van der Waals surface area contributed by atoms with Gasteiger partial charge in [-0.05, 0) is 66.1 Å². The molecule has 1 fully saturated rings. The van der Waals surface area contributed by atoms with Crippen LogP contribution in [0.3, 0.4) is 0 Å². The summed E-state index contributed by atoms with van der Waals surface area (Å²) in [5.74, 6) is 0. The van der Waals surface area contributed by atoms with Gasteiger partial charge >= 0.3 is 0 Å². The zero-order valence-electron chi connectivity index (χ0n) is 11.1. The smallest absolute Gasteiger partial charge is 0.0693 e. The first-order valence-corrected chi connectivity index (χ1v) is 6.73. The number of nitrogens with zero attached hydrogens (tertiary/aromatic N) is 1. The van der Waals surface area contributed by atoms with Crippen molar-refractivity contribution in [3.05, 3.63) is 0 Å². The number of rotatable bonds is 7. The second kappa shape index (κ2) is 7.25. The Bertz CT molecular complexity index is 185. The summed E-state index contributed by atoms with van der Waals surface area (Å²) >= 11 is 0. The third-order valence-corrected chi connectivity index (χ3v) is 3.71. The third-order valence-electron chi connectivity index (χ3n) is 3.71. The van der Waals surface area contributed by atoms with Crippen molar-refractivity contribution in [2.75, 3.05) is 20.1 Å². The zero-order valence-corrected chi connectivity index (χ0v) is 11.1. The molecule has 0 aromatic rings. The van der Waals surface area contributed by atoms with E-state index in [9.17, 15) is 5.11 Å². The molecule has 1 aliphatic rings. The van der Waals surface area contributed by atoms with Crippen molar-refractivity contribution in [2.24, 2.45) is 0 Å². The second-order valence-electron chi connectivity index (χ2n) is 5.34.